The summed E-state index contributed by atoms with van der Waals surface area (Å²) in [6.07, 6.45) is 3.53. The number of carbonyl (C=O) groups excluding carboxylic acids is 1. The second kappa shape index (κ2) is 6.71. The molecule has 0 aromatic carbocycles. The van der Waals surface area contributed by atoms with E-state index in [2.05, 4.69) is 42.7 Å². The van der Waals surface area contributed by atoms with E-state index in [1.165, 1.54) is 17.0 Å². The van der Waals surface area contributed by atoms with Crippen LogP contribution in [-0.2, 0) is 11.3 Å². The highest BCUT2D eigenvalue weighted by atomic mass is 35.5. The minimum atomic E-state index is 0. The van der Waals surface area contributed by atoms with Crippen molar-refractivity contribution in [2.24, 2.45) is 0 Å². The van der Waals surface area contributed by atoms with Gasteiger partial charge in [-0.3, -0.25) is 4.79 Å². The van der Waals surface area contributed by atoms with E-state index in [-0.39, 0.29) is 18.3 Å². The van der Waals surface area contributed by atoms with Gasteiger partial charge in [0.25, 0.3) is 5.91 Å². The summed E-state index contributed by atoms with van der Waals surface area (Å²) in [5, 5.41) is 0. The molecular formula is C14H23ClN2OS. The van der Waals surface area contributed by atoms with Crippen LogP contribution in [0.25, 0.3) is 0 Å². The number of amides is 1. The third-order valence-corrected chi connectivity index (χ3v) is 5.09. The number of nitrogens with zero attached hydrogens (tertiary/aromatic N) is 2. The van der Waals surface area contributed by atoms with Gasteiger partial charge in [-0.05, 0) is 40.0 Å². The highest BCUT2D eigenvalue weighted by Crippen LogP contribution is 2.22. The monoisotopic (exact) mass is 302 g/mol. The van der Waals surface area contributed by atoms with E-state index in [0.29, 0.717) is 18.6 Å². The molecule has 2 heterocycles. The molecule has 0 aliphatic carbocycles. The molecule has 1 aromatic rings. The number of carbonyl (C=O) groups is 1. The van der Waals surface area contributed by atoms with Gasteiger partial charge in [-0.1, -0.05) is 11.3 Å². The van der Waals surface area contributed by atoms with E-state index in [1.54, 1.807) is 11.3 Å². The lowest BCUT2D eigenvalue weighted by atomic mass is 9.97. The molecule has 1 amide bonds. The van der Waals surface area contributed by atoms with Crippen LogP contribution in [0.3, 0.4) is 0 Å². The van der Waals surface area contributed by atoms with E-state index in [9.17, 15) is 4.79 Å². The topological polar surface area (TPSA) is 24.2 Å². The molecule has 1 aliphatic heterocycles. The van der Waals surface area contributed by atoms with Crippen LogP contribution in [0, 0.1) is 13.8 Å². The zero-order valence-corrected chi connectivity index (χ0v) is 13.7. The molecule has 1 saturated heterocycles. The number of hydrogen-bond acceptors (Lipinski definition) is 2. The Bertz CT molecular complexity index is 437. The molecule has 2 rings (SSSR count). The SMILES string of the molecule is Cc1sc[n+](CC(=O)N2C(C)CCCC2C)c1C.[Cl-]. The fourth-order valence-electron chi connectivity index (χ4n) is 2.81. The Labute approximate surface area is 126 Å². The summed E-state index contributed by atoms with van der Waals surface area (Å²) in [6.45, 7) is 9.02. The predicted octanol–water partition coefficient (Wildman–Crippen LogP) is -0.554. The summed E-state index contributed by atoms with van der Waals surface area (Å²) in [5.74, 6) is 0.264. The molecule has 1 aliphatic rings. The van der Waals surface area contributed by atoms with E-state index in [1.807, 2.05) is 0 Å². The highest BCUT2D eigenvalue weighted by molar-refractivity contribution is 7.09. The van der Waals surface area contributed by atoms with Gasteiger partial charge in [-0.25, -0.2) is 0 Å². The molecule has 5 heteroatoms. The van der Waals surface area contributed by atoms with Crippen LogP contribution in [0.1, 0.15) is 43.7 Å². The van der Waals surface area contributed by atoms with Crippen LogP contribution >= 0.6 is 11.3 Å². The van der Waals surface area contributed by atoms with Gasteiger partial charge in [0, 0.05) is 19.0 Å². The van der Waals surface area contributed by atoms with Crippen LogP contribution in [-0.4, -0.2) is 22.9 Å². The lowest BCUT2D eigenvalue weighted by Gasteiger charge is -2.38. The van der Waals surface area contributed by atoms with Gasteiger partial charge in [-0.15, -0.1) is 0 Å². The molecule has 0 bridgehead atoms. The zero-order chi connectivity index (χ0) is 13.3. The van der Waals surface area contributed by atoms with Gasteiger partial charge >= 0.3 is 0 Å². The number of rotatable bonds is 2. The van der Waals surface area contributed by atoms with Gasteiger partial charge in [0.15, 0.2) is 5.69 Å². The van der Waals surface area contributed by atoms with Gasteiger partial charge in [-0.2, -0.15) is 4.57 Å². The third kappa shape index (κ3) is 3.48. The van der Waals surface area contributed by atoms with E-state index < -0.39 is 0 Å². The van der Waals surface area contributed by atoms with E-state index in [0.717, 1.165) is 12.8 Å². The Balaban J connectivity index is 0.00000180. The predicted molar refractivity (Wildman–Crippen MR) is 73.6 cm³/mol. The zero-order valence-electron chi connectivity index (χ0n) is 12.1. The molecule has 108 valence electrons. The summed E-state index contributed by atoms with van der Waals surface area (Å²) >= 11 is 1.71. The maximum Gasteiger partial charge on any atom is 0.289 e. The maximum absolute atomic E-state index is 12.5. The number of halogens is 1. The first-order valence-corrected chi connectivity index (χ1v) is 7.64. The molecule has 0 spiro atoms. The smallest absolute Gasteiger partial charge is 0.289 e. The molecule has 3 nitrogen and oxygen atoms in total. The number of piperidine rings is 1. The Hall–Kier alpha value is -0.610. The summed E-state index contributed by atoms with van der Waals surface area (Å²) in [7, 11) is 0. The van der Waals surface area contributed by atoms with Gasteiger partial charge < -0.3 is 17.3 Å². The fourth-order valence-corrected chi connectivity index (χ4v) is 3.61. The summed E-state index contributed by atoms with van der Waals surface area (Å²) in [4.78, 5) is 15.8. The minimum Gasteiger partial charge on any atom is -1.00 e. The van der Waals surface area contributed by atoms with Crippen molar-refractivity contribution in [3.8, 4) is 0 Å². The number of thiazole rings is 1. The Morgan fingerprint density at radius 2 is 1.95 bits per heavy atom. The van der Waals surface area contributed by atoms with Crippen LogP contribution in [0.15, 0.2) is 5.51 Å². The van der Waals surface area contributed by atoms with E-state index >= 15 is 0 Å². The first-order chi connectivity index (χ1) is 8.50. The summed E-state index contributed by atoms with van der Waals surface area (Å²) in [5.41, 5.74) is 3.27. The van der Waals surface area contributed by atoms with Crippen molar-refractivity contribution in [3.05, 3.63) is 16.1 Å². The number of aromatic nitrogens is 1. The molecular weight excluding hydrogens is 280 g/mol. The Morgan fingerprint density at radius 1 is 1.37 bits per heavy atom. The number of likely N-dealkylation sites (tertiary alicyclic amines) is 1. The van der Waals surface area contributed by atoms with E-state index in [4.69, 9.17) is 0 Å². The van der Waals surface area contributed by atoms with Crippen molar-refractivity contribution in [3.63, 3.8) is 0 Å². The standard InChI is InChI=1S/C14H23N2OS.ClH/c1-10-6-5-7-11(2)16(10)14(17)8-15-9-18-13(4)12(15)3;/h9-11H,5-8H2,1-4H3;1H/q+1;/p-1. The molecule has 0 N–H and O–H groups in total. The summed E-state index contributed by atoms with van der Waals surface area (Å²) in [6, 6.07) is 0.781. The van der Waals surface area contributed by atoms with Crippen molar-refractivity contribution in [1.29, 1.82) is 0 Å². The molecule has 2 unspecified atom stereocenters. The molecule has 0 saturated carbocycles. The normalized spacial score (nSPS) is 23.1. The lowest BCUT2D eigenvalue weighted by molar-refractivity contribution is -0.686. The van der Waals surface area contributed by atoms with Crippen molar-refractivity contribution in [2.75, 3.05) is 0 Å². The van der Waals surface area contributed by atoms with Crippen LogP contribution in [0.2, 0.25) is 0 Å². The second-order valence-electron chi connectivity index (χ2n) is 5.42. The molecule has 1 aromatic heterocycles. The van der Waals surface area contributed by atoms with Crippen molar-refractivity contribution in [1.82, 2.24) is 4.90 Å². The Morgan fingerprint density at radius 3 is 2.42 bits per heavy atom. The molecule has 0 radical (unpaired) electrons. The van der Waals surface area contributed by atoms with Crippen molar-refractivity contribution >= 4 is 17.2 Å². The average Bonchev–Trinajstić information content (AvgIpc) is 2.61. The minimum absolute atomic E-state index is 0. The quantitative estimate of drug-likeness (QED) is 0.673. The van der Waals surface area contributed by atoms with Crippen molar-refractivity contribution < 1.29 is 21.8 Å². The molecule has 2 atom stereocenters. The van der Waals surface area contributed by atoms with Crippen molar-refractivity contribution in [2.45, 2.75) is 65.6 Å². The third-order valence-electron chi connectivity index (χ3n) is 4.08. The average molecular weight is 303 g/mol. The van der Waals surface area contributed by atoms with Gasteiger partial charge in [0.1, 0.15) is 0 Å². The van der Waals surface area contributed by atoms with Gasteiger partial charge in [0.05, 0.1) is 4.88 Å². The first-order valence-electron chi connectivity index (χ1n) is 6.76. The van der Waals surface area contributed by atoms with Gasteiger partial charge in [0.2, 0.25) is 12.1 Å². The molecule has 1 fully saturated rings. The van der Waals surface area contributed by atoms with Crippen LogP contribution in [0.5, 0.6) is 0 Å². The highest BCUT2D eigenvalue weighted by Gasteiger charge is 2.31. The molecule has 19 heavy (non-hydrogen) atoms. The summed E-state index contributed by atoms with van der Waals surface area (Å²) < 4.78 is 2.08. The van der Waals surface area contributed by atoms with Crippen LogP contribution in [0.4, 0.5) is 0 Å². The van der Waals surface area contributed by atoms with Crippen LogP contribution < -0.4 is 17.0 Å². The number of aryl methyl sites for hydroxylation is 1. The second-order valence-corrected chi connectivity index (χ2v) is 6.48. The largest absolute Gasteiger partial charge is 1.00 e. The maximum atomic E-state index is 12.5. The fraction of sp³-hybridized carbons (Fsp3) is 0.714. The Kier molecular flexibility index (Phi) is 5.81. The lowest BCUT2D eigenvalue weighted by Crippen LogP contribution is -3.00. The first kappa shape index (κ1) is 16.4. The number of hydrogen-bond donors (Lipinski definition) is 0.